The fourth-order valence-corrected chi connectivity index (χ4v) is 2.29. The van der Waals surface area contributed by atoms with Crippen LogP contribution in [0, 0.1) is 5.92 Å². The van der Waals surface area contributed by atoms with Crippen molar-refractivity contribution in [3.8, 4) is 0 Å². The maximum absolute atomic E-state index is 11.5. The third-order valence-electron chi connectivity index (χ3n) is 2.95. The number of nitrogens with one attached hydrogen (secondary N) is 1. The number of hydrogen-bond acceptors (Lipinski definition) is 3. The lowest BCUT2D eigenvalue weighted by molar-refractivity contribution is -0.149. The highest BCUT2D eigenvalue weighted by Crippen LogP contribution is 2.46. The van der Waals surface area contributed by atoms with Crippen LogP contribution in [0.25, 0.3) is 0 Å². The normalized spacial score (nSPS) is 36.2. The van der Waals surface area contributed by atoms with Gasteiger partial charge in [-0.1, -0.05) is 0 Å². The van der Waals surface area contributed by atoms with E-state index in [1.54, 1.807) is 0 Å². The number of piperidine rings is 1. The van der Waals surface area contributed by atoms with Crippen LogP contribution >= 0.6 is 0 Å². The second-order valence-corrected chi connectivity index (χ2v) is 4.14. The number of carboxylic acid groups (broad SMARTS) is 1. The highest BCUT2D eigenvalue weighted by atomic mass is 16.4. The molecule has 2 fully saturated rings. The number of carbonyl (C=O) groups excluding carboxylic acids is 1. The van der Waals surface area contributed by atoms with Crippen molar-refractivity contribution in [2.24, 2.45) is 5.92 Å². The fourth-order valence-electron chi connectivity index (χ4n) is 2.29. The second kappa shape index (κ2) is 2.54. The lowest BCUT2D eigenvalue weighted by atomic mass is 9.84. The van der Waals surface area contributed by atoms with E-state index in [0.717, 1.165) is 12.8 Å². The topological polar surface area (TPSA) is 66.4 Å². The highest BCUT2D eigenvalue weighted by Gasteiger charge is 2.58. The van der Waals surface area contributed by atoms with Gasteiger partial charge in [-0.05, 0) is 19.8 Å². The minimum atomic E-state index is -0.970. The lowest BCUT2D eigenvalue weighted by Crippen LogP contribution is -2.55. The van der Waals surface area contributed by atoms with Crippen LogP contribution in [0.15, 0.2) is 0 Å². The van der Waals surface area contributed by atoms with Gasteiger partial charge in [0, 0.05) is 18.0 Å². The molecule has 2 rings (SSSR count). The molecule has 0 bridgehead atoms. The smallest absolute Gasteiger partial charge is 0.315 e. The number of carboxylic acids is 1. The Labute approximate surface area is 76.3 Å². The zero-order valence-electron chi connectivity index (χ0n) is 7.54. The zero-order chi connectivity index (χ0) is 9.64. The molecule has 13 heavy (non-hydrogen) atoms. The van der Waals surface area contributed by atoms with E-state index in [1.165, 1.54) is 0 Å². The molecule has 4 heteroatoms. The maximum atomic E-state index is 11.5. The number of carbonyl (C=O) groups is 2. The molecule has 4 nitrogen and oxygen atoms in total. The van der Waals surface area contributed by atoms with E-state index in [0.29, 0.717) is 6.42 Å². The Balaban J connectivity index is 2.24. The Morgan fingerprint density at radius 3 is 2.69 bits per heavy atom. The molecule has 72 valence electrons. The number of hydrogen-bond donors (Lipinski definition) is 2. The Kier molecular flexibility index (Phi) is 1.70. The predicted octanol–water partition coefficient (Wildman–Crippen LogP) is 0.171. The lowest BCUT2D eigenvalue weighted by Gasteiger charge is -2.33. The van der Waals surface area contributed by atoms with E-state index in [2.05, 4.69) is 5.32 Å². The average molecular weight is 183 g/mol. The first-order valence-electron chi connectivity index (χ1n) is 4.58. The largest absolute Gasteiger partial charge is 0.481 e. The van der Waals surface area contributed by atoms with Gasteiger partial charge in [0.25, 0.3) is 0 Å². The fraction of sp³-hybridized carbons (Fsp3) is 0.778. The van der Waals surface area contributed by atoms with Crippen molar-refractivity contribution in [1.82, 2.24) is 5.32 Å². The summed E-state index contributed by atoms with van der Waals surface area (Å²) in [5.41, 5.74) is -0.388. The Morgan fingerprint density at radius 1 is 1.62 bits per heavy atom. The van der Waals surface area contributed by atoms with Crippen LogP contribution in [0.1, 0.15) is 26.2 Å². The van der Waals surface area contributed by atoms with Crippen LogP contribution in [0.5, 0.6) is 0 Å². The predicted molar refractivity (Wildman–Crippen MR) is 45.3 cm³/mol. The van der Waals surface area contributed by atoms with E-state index in [-0.39, 0.29) is 17.4 Å². The number of aliphatic carboxylic acids is 1. The van der Waals surface area contributed by atoms with Gasteiger partial charge < -0.3 is 10.4 Å². The van der Waals surface area contributed by atoms with Crippen LogP contribution in [0.4, 0.5) is 0 Å². The van der Waals surface area contributed by atoms with E-state index in [1.807, 2.05) is 6.92 Å². The van der Waals surface area contributed by atoms with Crippen molar-refractivity contribution in [3.63, 3.8) is 0 Å². The minimum Gasteiger partial charge on any atom is -0.481 e. The van der Waals surface area contributed by atoms with E-state index < -0.39 is 11.9 Å². The van der Waals surface area contributed by atoms with Crippen molar-refractivity contribution in [3.05, 3.63) is 0 Å². The number of rotatable bonds is 1. The standard InChI is InChI=1S/C9H13NO3/c1-5-4-6(11)7(8(12)13)9(10-5)2-3-9/h5,7,10H,2-4H2,1H3,(H,12,13)/t5-,7?/m0/s1. The summed E-state index contributed by atoms with van der Waals surface area (Å²) in [6, 6.07) is 0.130. The van der Waals surface area contributed by atoms with Crippen LogP contribution in [0.3, 0.4) is 0 Å². The van der Waals surface area contributed by atoms with Crippen molar-refractivity contribution >= 4 is 11.8 Å². The van der Waals surface area contributed by atoms with Gasteiger partial charge in [-0.3, -0.25) is 9.59 Å². The molecule has 0 aromatic heterocycles. The first kappa shape index (κ1) is 8.69. The van der Waals surface area contributed by atoms with Crippen LogP contribution < -0.4 is 5.32 Å². The molecule has 1 saturated heterocycles. The molecule has 1 heterocycles. The van der Waals surface area contributed by atoms with Gasteiger partial charge in [0.15, 0.2) is 5.78 Å². The molecule has 0 aromatic carbocycles. The van der Waals surface area contributed by atoms with Gasteiger partial charge >= 0.3 is 5.97 Å². The number of ketones is 1. The third kappa shape index (κ3) is 1.25. The SMILES string of the molecule is C[C@H]1CC(=O)C(C(=O)O)C2(CC2)N1. The van der Waals surface area contributed by atoms with E-state index in [4.69, 9.17) is 5.11 Å². The van der Waals surface area contributed by atoms with Crippen molar-refractivity contribution < 1.29 is 14.7 Å². The van der Waals surface area contributed by atoms with E-state index in [9.17, 15) is 9.59 Å². The van der Waals surface area contributed by atoms with Gasteiger partial charge in [-0.15, -0.1) is 0 Å². The van der Waals surface area contributed by atoms with Crippen molar-refractivity contribution in [2.75, 3.05) is 0 Å². The van der Waals surface area contributed by atoms with Crippen LogP contribution in [-0.4, -0.2) is 28.4 Å². The summed E-state index contributed by atoms with van der Waals surface area (Å²) in [6.45, 7) is 1.93. The summed E-state index contributed by atoms with van der Waals surface area (Å²) in [6.07, 6.45) is 1.98. The van der Waals surface area contributed by atoms with E-state index >= 15 is 0 Å². The van der Waals surface area contributed by atoms with Gasteiger partial charge in [0.2, 0.25) is 0 Å². The highest BCUT2D eigenvalue weighted by molar-refractivity contribution is 6.01. The van der Waals surface area contributed by atoms with Crippen LogP contribution in [-0.2, 0) is 9.59 Å². The summed E-state index contributed by atoms with van der Waals surface area (Å²) >= 11 is 0. The molecule has 0 radical (unpaired) electrons. The molecule has 0 amide bonds. The summed E-state index contributed by atoms with van der Waals surface area (Å²) in [7, 11) is 0. The first-order chi connectivity index (χ1) is 6.05. The second-order valence-electron chi connectivity index (χ2n) is 4.14. The van der Waals surface area contributed by atoms with Gasteiger partial charge in [0.05, 0.1) is 0 Å². The summed E-state index contributed by atoms with van der Waals surface area (Å²) in [5.74, 6) is -1.89. The minimum absolute atomic E-state index is 0.115. The van der Waals surface area contributed by atoms with Crippen molar-refractivity contribution in [2.45, 2.75) is 37.8 Å². The molecule has 1 aliphatic heterocycles. The molecule has 2 N–H and O–H groups in total. The average Bonchev–Trinajstić information content (AvgIpc) is 2.65. The summed E-state index contributed by atoms with van der Waals surface area (Å²) in [4.78, 5) is 22.3. The quantitative estimate of drug-likeness (QED) is 0.569. The molecule has 2 aliphatic rings. The molecule has 1 aliphatic carbocycles. The Bertz CT molecular complexity index is 270. The van der Waals surface area contributed by atoms with Crippen LogP contribution in [0.2, 0.25) is 0 Å². The molecule has 1 spiro atoms. The Hall–Kier alpha value is -0.900. The van der Waals surface area contributed by atoms with Gasteiger partial charge in [0.1, 0.15) is 5.92 Å². The van der Waals surface area contributed by atoms with Gasteiger partial charge in [-0.25, -0.2) is 0 Å². The molecular formula is C9H13NO3. The Morgan fingerprint density at radius 2 is 2.23 bits per heavy atom. The third-order valence-corrected chi connectivity index (χ3v) is 2.95. The monoisotopic (exact) mass is 183 g/mol. The zero-order valence-corrected chi connectivity index (χ0v) is 7.54. The molecule has 1 saturated carbocycles. The molecular weight excluding hydrogens is 170 g/mol. The first-order valence-corrected chi connectivity index (χ1v) is 4.58. The summed E-state index contributed by atoms with van der Waals surface area (Å²) in [5, 5.41) is 12.1. The summed E-state index contributed by atoms with van der Waals surface area (Å²) < 4.78 is 0. The van der Waals surface area contributed by atoms with Gasteiger partial charge in [-0.2, -0.15) is 0 Å². The number of Topliss-reactive ketones (excluding diaryl/α,β-unsaturated/α-hetero) is 1. The molecule has 1 unspecified atom stereocenters. The molecule has 2 atom stereocenters. The maximum Gasteiger partial charge on any atom is 0.315 e. The molecule has 0 aromatic rings. The van der Waals surface area contributed by atoms with Crippen molar-refractivity contribution in [1.29, 1.82) is 0 Å².